The number of imide groups is 1. The van der Waals surface area contributed by atoms with Crippen molar-refractivity contribution in [3.05, 3.63) is 16.0 Å². The lowest BCUT2D eigenvalue weighted by Gasteiger charge is -2.23. The van der Waals surface area contributed by atoms with Crippen LogP contribution in [0, 0.1) is 11.3 Å². The van der Waals surface area contributed by atoms with Crippen LogP contribution in [0.2, 0.25) is 0 Å². The van der Waals surface area contributed by atoms with E-state index in [1.165, 1.54) is 11.3 Å². The average Bonchev–Trinajstić information content (AvgIpc) is 2.76. The fourth-order valence-corrected chi connectivity index (χ4v) is 3.61. The van der Waals surface area contributed by atoms with E-state index in [0.717, 1.165) is 28.3 Å². The first-order chi connectivity index (χ1) is 9.22. The minimum Gasteiger partial charge on any atom is -0.362 e. The zero-order valence-electron chi connectivity index (χ0n) is 10.1. The first-order valence-corrected chi connectivity index (χ1v) is 6.73. The summed E-state index contributed by atoms with van der Waals surface area (Å²) in [5, 5.41) is 13.0. The number of nitriles is 1. The number of thiophene rings is 1. The summed E-state index contributed by atoms with van der Waals surface area (Å²) in [7, 11) is 0. The van der Waals surface area contributed by atoms with E-state index in [4.69, 9.17) is 4.74 Å². The highest BCUT2D eigenvalue weighted by Crippen LogP contribution is 2.38. The van der Waals surface area contributed by atoms with Crippen LogP contribution in [-0.2, 0) is 27.3 Å². The van der Waals surface area contributed by atoms with Gasteiger partial charge in [-0.05, 0) is 18.5 Å². The fourth-order valence-electron chi connectivity index (χ4n) is 2.31. The van der Waals surface area contributed by atoms with Crippen LogP contribution >= 0.6 is 11.3 Å². The lowest BCUT2D eigenvalue weighted by atomic mass is 10.0. The van der Waals surface area contributed by atoms with Gasteiger partial charge in [0.25, 0.3) is 11.8 Å². The molecule has 1 aromatic heterocycles. The van der Waals surface area contributed by atoms with E-state index in [0.29, 0.717) is 17.1 Å². The van der Waals surface area contributed by atoms with Gasteiger partial charge < -0.3 is 10.1 Å². The van der Waals surface area contributed by atoms with Crippen LogP contribution in [-0.4, -0.2) is 31.6 Å². The molecule has 0 bridgehead atoms. The van der Waals surface area contributed by atoms with Crippen LogP contribution in [0.25, 0.3) is 0 Å². The summed E-state index contributed by atoms with van der Waals surface area (Å²) in [5.74, 6) is -0.807. The van der Waals surface area contributed by atoms with E-state index in [-0.39, 0.29) is 13.2 Å². The predicted octanol–water partition coefficient (Wildman–Crippen LogP) is 0.155. The van der Waals surface area contributed by atoms with Crippen molar-refractivity contribution in [2.24, 2.45) is 0 Å². The summed E-state index contributed by atoms with van der Waals surface area (Å²) in [5.41, 5.74) is 1.43. The second kappa shape index (κ2) is 4.74. The van der Waals surface area contributed by atoms with Gasteiger partial charge in [-0.2, -0.15) is 5.26 Å². The molecule has 1 fully saturated rings. The zero-order valence-corrected chi connectivity index (χ0v) is 10.9. The Bertz CT molecular complexity index is 586. The highest BCUT2D eigenvalue weighted by atomic mass is 32.1. The van der Waals surface area contributed by atoms with Gasteiger partial charge in [0.2, 0.25) is 0 Å². The number of carbonyl (C=O) groups excluding carboxylic acids is 2. The number of anilines is 1. The molecule has 1 saturated heterocycles. The second-order valence-electron chi connectivity index (χ2n) is 4.34. The van der Waals surface area contributed by atoms with Crippen LogP contribution in [0.1, 0.15) is 16.0 Å². The molecule has 19 heavy (non-hydrogen) atoms. The maximum absolute atomic E-state index is 11.8. The van der Waals surface area contributed by atoms with Crippen molar-refractivity contribution in [2.45, 2.75) is 13.0 Å². The monoisotopic (exact) mass is 277 g/mol. The molecule has 3 rings (SSSR count). The van der Waals surface area contributed by atoms with Gasteiger partial charge in [0.1, 0.15) is 24.3 Å². The van der Waals surface area contributed by atoms with E-state index in [2.05, 4.69) is 11.4 Å². The number of nitrogens with zero attached hydrogens (tertiary/aromatic N) is 2. The Hall–Kier alpha value is -1.75. The molecule has 2 aliphatic rings. The number of rotatable bonds is 1. The van der Waals surface area contributed by atoms with Crippen molar-refractivity contribution < 1.29 is 14.3 Å². The molecule has 0 atom stereocenters. The standard InChI is InChI=1S/C12H11N3O3S/c13-3-8-7-1-2-14-4-9(7)19-12(8)15-10(16)5-18-6-11(15)17/h14H,1-2,4-6H2. The van der Waals surface area contributed by atoms with Crippen molar-refractivity contribution in [3.8, 4) is 6.07 Å². The Kier molecular flexibility index (Phi) is 3.06. The number of morpholine rings is 1. The first-order valence-electron chi connectivity index (χ1n) is 5.91. The van der Waals surface area contributed by atoms with E-state index in [1.54, 1.807) is 0 Å². The van der Waals surface area contributed by atoms with E-state index >= 15 is 0 Å². The van der Waals surface area contributed by atoms with Crippen molar-refractivity contribution in [2.75, 3.05) is 24.7 Å². The second-order valence-corrected chi connectivity index (χ2v) is 5.42. The molecule has 7 heteroatoms. The Balaban J connectivity index is 2.09. The predicted molar refractivity (Wildman–Crippen MR) is 67.8 cm³/mol. The fraction of sp³-hybridized carbons (Fsp3) is 0.417. The van der Waals surface area contributed by atoms with Crippen LogP contribution in [0.5, 0.6) is 0 Å². The minimum absolute atomic E-state index is 0.114. The van der Waals surface area contributed by atoms with Gasteiger partial charge in [-0.1, -0.05) is 0 Å². The van der Waals surface area contributed by atoms with Gasteiger partial charge in [-0.15, -0.1) is 11.3 Å². The number of hydrogen-bond donors (Lipinski definition) is 1. The number of amides is 2. The van der Waals surface area contributed by atoms with Crippen LogP contribution in [0.4, 0.5) is 5.00 Å². The summed E-state index contributed by atoms with van der Waals surface area (Å²) >= 11 is 1.34. The maximum atomic E-state index is 11.8. The van der Waals surface area contributed by atoms with Crippen LogP contribution < -0.4 is 10.2 Å². The van der Waals surface area contributed by atoms with Gasteiger partial charge >= 0.3 is 0 Å². The molecule has 0 saturated carbocycles. The van der Waals surface area contributed by atoms with Gasteiger partial charge in [0, 0.05) is 11.4 Å². The Morgan fingerprint density at radius 2 is 2.05 bits per heavy atom. The summed E-state index contributed by atoms with van der Waals surface area (Å²) in [4.78, 5) is 25.8. The molecule has 3 heterocycles. The number of ether oxygens (including phenoxy) is 1. The molecular weight excluding hydrogens is 266 g/mol. The van der Waals surface area contributed by atoms with E-state index in [9.17, 15) is 14.9 Å². The summed E-state index contributed by atoms with van der Waals surface area (Å²) in [6.45, 7) is 1.26. The zero-order chi connectivity index (χ0) is 13.4. The van der Waals surface area contributed by atoms with Gasteiger partial charge in [0.15, 0.2) is 0 Å². The number of fused-ring (bicyclic) bond motifs is 1. The molecule has 98 valence electrons. The molecule has 1 aromatic rings. The third-order valence-corrected chi connectivity index (χ3v) is 4.39. The first kappa shape index (κ1) is 12.3. The van der Waals surface area contributed by atoms with Crippen molar-refractivity contribution in [1.29, 1.82) is 5.26 Å². The highest BCUT2D eigenvalue weighted by molar-refractivity contribution is 7.17. The Labute approximate surface area is 113 Å². The maximum Gasteiger partial charge on any atom is 0.260 e. The molecular formula is C12H11N3O3S. The molecule has 0 spiro atoms. The lowest BCUT2D eigenvalue weighted by Crippen LogP contribution is -2.46. The largest absolute Gasteiger partial charge is 0.362 e. The Morgan fingerprint density at radius 3 is 2.74 bits per heavy atom. The van der Waals surface area contributed by atoms with Crippen LogP contribution in [0.3, 0.4) is 0 Å². The highest BCUT2D eigenvalue weighted by Gasteiger charge is 2.33. The van der Waals surface area contributed by atoms with E-state index in [1.807, 2.05) is 0 Å². The molecule has 0 unspecified atom stereocenters. The lowest BCUT2D eigenvalue weighted by molar-refractivity contribution is -0.138. The molecule has 2 aliphatic heterocycles. The average molecular weight is 277 g/mol. The quantitative estimate of drug-likeness (QED) is 0.739. The van der Waals surface area contributed by atoms with Crippen molar-refractivity contribution in [1.82, 2.24) is 5.32 Å². The molecule has 0 aliphatic carbocycles. The van der Waals surface area contributed by atoms with Gasteiger partial charge in [0.05, 0.1) is 5.56 Å². The summed E-state index contributed by atoms with van der Waals surface area (Å²) < 4.78 is 4.89. The Morgan fingerprint density at radius 1 is 1.32 bits per heavy atom. The molecule has 6 nitrogen and oxygen atoms in total. The molecule has 1 N–H and O–H groups in total. The van der Waals surface area contributed by atoms with Gasteiger partial charge in [-0.3, -0.25) is 9.59 Å². The van der Waals surface area contributed by atoms with Crippen LogP contribution in [0.15, 0.2) is 0 Å². The summed E-state index contributed by atoms with van der Waals surface area (Å²) in [6.07, 6.45) is 0.751. The molecule has 0 aromatic carbocycles. The van der Waals surface area contributed by atoms with Gasteiger partial charge in [-0.25, -0.2) is 4.90 Å². The molecule has 2 amide bonds. The third-order valence-electron chi connectivity index (χ3n) is 3.17. The normalized spacial score (nSPS) is 19.2. The topological polar surface area (TPSA) is 82.4 Å². The smallest absolute Gasteiger partial charge is 0.260 e. The van der Waals surface area contributed by atoms with Crippen molar-refractivity contribution in [3.63, 3.8) is 0 Å². The van der Waals surface area contributed by atoms with E-state index < -0.39 is 11.8 Å². The summed E-state index contributed by atoms with van der Waals surface area (Å²) in [6, 6.07) is 2.14. The number of nitrogens with one attached hydrogen (secondary N) is 1. The number of hydrogen-bond acceptors (Lipinski definition) is 6. The number of carbonyl (C=O) groups is 2. The minimum atomic E-state index is -0.403. The SMILES string of the molecule is N#Cc1c(N2C(=O)COCC2=O)sc2c1CCNC2. The van der Waals surface area contributed by atoms with Crippen molar-refractivity contribution >= 4 is 28.2 Å². The third kappa shape index (κ3) is 1.94. The molecule has 0 radical (unpaired) electrons.